The van der Waals surface area contributed by atoms with E-state index in [4.69, 9.17) is 0 Å². The minimum Gasteiger partial charge on any atom is -0.318 e. The molecule has 0 aromatic rings. The van der Waals surface area contributed by atoms with Crippen molar-refractivity contribution in [3.63, 3.8) is 0 Å². The van der Waals surface area contributed by atoms with Crippen molar-refractivity contribution in [3.05, 3.63) is 0 Å². The van der Waals surface area contributed by atoms with Gasteiger partial charge < -0.3 is 4.90 Å². The van der Waals surface area contributed by atoms with Gasteiger partial charge in [0.25, 0.3) is 0 Å². The van der Waals surface area contributed by atoms with Gasteiger partial charge in [0.05, 0.1) is 6.04 Å². The van der Waals surface area contributed by atoms with E-state index in [0.29, 0.717) is 0 Å². The molecular formula is C5H8N2O. The molecule has 2 amide bonds. The number of rotatable bonds is 0. The van der Waals surface area contributed by atoms with Crippen LogP contribution in [0.4, 0.5) is 4.79 Å². The highest BCUT2D eigenvalue weighted by Crippen LogP contribution is 2.01. The first-order chi connectivity index (χ1) is 3.72. The normalized spacial score (nSPS) is 27.5. The van der Waals surface area contributed by atoms with E-state index in [9.17, 15) is 4.79 Å². The fraction of sp³-hybridized carbons (Fsp3) is 0.600. The zero-order chi connectivity index (χ0) is 6.15. The summed E-state index contributed by atoms with van der Waals surface area (Å²) in [5.41, 5.74) is 0. The molecular weight excluding hydrogens is 104 g/mol. The fourth-order valence-electron chi connectivity index (χ4n) is 0.537. The van der Waals surface area contributed by atoms with Crippen LogP contribution in [0, 0.1) is 0 Å². The standard InChI is InChI=1S/C5H8N2O/c1-4-3-6-5(8)7(4)2/h3-4H,1-2H3. The summed E-state index contributed by atoms with van der Waals surface area (Å²) in [6.45, 7) is 1.92. The molecule has 0 N–H and O–H groups in total. The molecule has 3 nitrogen and oxygen atoms in total. The van der Waals surface area contributed by atoms with Crippen molar-refractivity contribution >= 4 is 12.2 Å². The predicted octanol–water partition coefficient (Wildman–Crippen LogP) is 0.511. The third-order valence-corrected chi connectivity index (χ3v) is 1.31. The van der Waals surface area contributed by atoms with Gasteiger partial charge in [-0.15, -0.1) is 0 Å². The van der Waals surface area contributed by atoms with Crippen LogP contribution in [-0.4, -0.2) is 30.2 Å². The monoisotopic (exact) mass is 112 g/mol. The molecule has 1 atom stereocenters. The van der Waals surface area contributed by atoms with E-state index in [-0.39, 0.29) is 12.1 Å². The highest BCUT2D eigenvalue weighted by atomic mass is 16.2. The first-order valence-corrected chi connectivity index (χ1v) is 2.53. The first kappa shape index (κ1) is 5.28. The number of aliphatic imine (C=N–C) groups is 1. The minimum atomic E-state index is -0.141. The molecule has 0 fully saturated rings. The van der Waals surface area contributed by atoms with Crippen LogP contribution in [0.2, 0.25) is 0 Å². The van der Waals surface area contributed by atoms with Crippen LogP contribution in [0.1, 0.15) is 6.92 Å². The van der Waals surface area contributed by atoms with Crippen LogP contribution in [-0.2, 0) is 0 Å². The lowest BCUT2D eigenvalue weighted by molar-refractivity contribution is 0.220. The van der Waals surface area contributed by atoms with Crippen molar-refractivity contribution in [2.45, 2.75) is 13.0 Å². The highest BCUT2D eigenvalue weighted by molar-refractivity contribution is 5.92. The van der Waals surface area contributed by atoms with Gasteiger partial charge >= 0.3 is 6.03 Å². The summed E-state index contributed by atoms with van der Waals surface area (Å²) in [5, 5.41) is 0. The van der Waals surface area contributed by atoms with Crippen molar-refractivity contribution in [2.75, 3.05) is 7.05 Å². The van der Waals surface area contributed by atoms with Gasteiger partial charge in [-0.2, -0.15) is 0 Å². The highest BCUT2D eigenvalue weighted by Gasteiger charge is 2.17. The Balaban J connectivity index is 2.69. The van der Waals surface area contributed by atoms with E-state index in [2.05, 4.69) is 4.99 Å². The Bertz CT molecular complexity index is 141. The molecule has 0 saturated heterocycles. The molecule has 1 aliphatic rings. The zero-order valence-electron chi connectivity index (χ0n) is 4.96. The molecule has 0 aliphatic carbocycles. The molecule has 0 aromatic carbocycles. The van der Waals surface area contributed by atoms with Gasteiger partial charge in [-0.25, -0.2) is 9.79 Å². The summed E-state index contributed by atoms with van der Waals surface area (Å²) >= 11 is 0. The number of carbonyl (C=O) groups is 1. The van der Waals surface area contributed by atoms with Gasteiger partial charge in [0, 0.05) is 13.3 Å². The Hall–Kier alpha value is -0.860. The second-order valence-corrected chi connectivity index (χ2v) is 1.91. The van der Waals surface area contributed by atoms with Crippen LogP contribution in [0.25, 0.3) is 0 Å². The number of amides is 2. The molecule has 44 valence electrons. The second-order valence-electron chi connectivity index (χ2n) is 1.91. The van der Waals surface area contributed by atoms with E-state index >= 15 is 0 Å². The molecule has 1 rings (SSSR count). The van der Waals surface area contributed by atoms with Crippen LogP contribution in [0.3, 0.4) is 0 Å². The maximum atomic E-state index is 10.5. The summed E-state index contributed by atoms with van der Waals surface area (Å²) in [7, 11) is 1.74. The molecule has 0 bridgehead atoms. The Kier molecular flexibility index (Phi) is 1.04. The predicted molar refractivity (Wildman–Crippen MR) is 31.1 cm³/mol. The van der Waals surface area contributed by atoms with Crippen molar-refractivity contribution in [3.8, 4) is 0 Å². The molecule has 0 radical (unpaired) electrons. The van der Waals surface area contributed by atoms with Gasteiger partial charge in [0.15, 0.2) is 0 Å². The van der Waals surface area contributed by atoms with E-state index < -0.39 is 0 Å². The van der Waals surface area contributed by atoms with Crippen molar-refractivity contribution in [1.29, 1.82) is 0 Å². The van der Waals surface area contributed by atoms with Gasteiger partial charge in [-0.05, 0) is 6.92 Å². The summed E-state index contributed by atoms with van der Waals surface area (Å²) in [5.74, 6) is 0. The Morgan fingerprint density at radius 1 is 1.88 bits per heavy atom. The topological polar surface area (TPSA) is 32.7 Å². The van der Waals surface area contributed by atoms with E-state index in [1.165, 1.54) is 0 Å². The SMILES string of the molecule is CC1C=NC(=O)N1C. The summed E-state index contributed by atoms with van der Waals surface area (Å²) in [4.78, 5) is 15.7. The van der Waals surface area contributed by atoms with Crippen LogP contribution >= 0.6 is 0 Å². The van der Waals surface area contributed by atoms with Gasteiger partial charge in [-0.3, -0.25) is 0 Å². The molecule has 0 saturated carbocycles. The summed E-state index contributed by atoms with van der Waals surface area (Å²) < 4.78 is 0. The van der Waals surface area contributed by atoms with Crippen LogP contribution in [0.15, 0.2) is 4.99 Å². The molecule has 1 unspecified atom stereocenters. The van der Waals surface area contributed by atoms with E-state index in [1.807, 2.05) is 6.92 Å². The number of nitrogens with zero attached hydrogens (tertiary/aromatic N) is 2. The molecule has 0 aromatic heterocycles. The smallest absolute Gasteiger partial charge is 0.318 e. The largest absolute Gasteiger partial charge is 0.343 e. The lowest BCUT2D eigenvalue weighted by Crippen LogP contribution is -2.27. The van der Waals surface area contributed by atoms with E-state index in [1.54, 1.807) is 18.2 Å². The Labute approximate surface area is 48.0 Å². The zero-order valence-corrected chi connectivity index (χ0v) is 4.96. The number of urea groups is 1. The average molecular weight is 112 g/mol. The van der Waals surface area contributed by atoms with Crippen LogP contribution in [0.5, 0.6) is 0 Å². The van der Waals surface area contributed by atoms with Crippen LogP contribution < -0.4 is 0 Å². The second kappa shape index (κ2) is 1.58. The molecule has 1 aliphatic heterocycles. The molecule has 3 heteroatoms. The van der Waals surface area contributed by atoms with Crippen molar-refractivity contribution in [1.82, 2.24) is 4.90 Å². The maximum Gasteiger partial charge on any atom is 0.343 e. The van der Waals surface area contributed by atoms with Gasteiger partial charge in [0.1, 0.15) is 0 Å². The number of carbonyl (C=O) groups excluding carboxylic acids is 1. The number of hydrogen-bond acceptors (Lipinski definition) is 1. The van der Waals surface area contributed by atoms with E-state index in [0.717, 1.165) is 0 Å². The van der Waals surface area contributed by atoms with Gasteiger partial charge in [0.2, 0.25) is 0 Å². The van der Waals surface area contributed by atoms with Crippen molar-refractivity contribution in [2.24, 2.45) is 4.99 Å². The van der Waals surface area contributed by atoms with Crippen molar-refractivity contribution < 1.29 is 4.79 Å². The lowest BCUT2D eigenvalue weighted by Gasteiger charge is -2.10. The molecule has 8 heavy (non-hydrogen) atoms. The quantitative estimate of drug-likeness (QED) is 0.449. The summed E-state index contributed by atoms with van der Waals surface area (Å²) in [6.07, 6.45) is 1.64. The number of hydrogen-bond donors (Lipinski definition) is 0. The first-order valence-electron chi connectivity index (χ1n) is 2.53. The molecule has 1 heterocycles. The maximum absolute atomic E-state index is 10.5. The third kappa shape index (κ3) is 0.598. The average Bonchev–Trinajstić information content (AvgIpc) is 1.98. The van der Waals surface area contributed by atoms with Gasteiger partial charge in [-0.1, -0.05) is 0 Å². The Morgan fingerprint density at radius 3 is 2.62 bits per heavy atom. The molecule has 0 spiro atoms. The minimum absolute atomic E-state index is 0.141. The Morgan fingerprint density at radius 2 is 2.50 bits per heavy atom. The lowest BCUT2D eigenvalue weighted by atomic mass is 10.4. The fourth-order valence-corrected chi connectivity index (χ4v) is 0.537. The summed E-state index contributed by atoms with van der Waals surface area (Å²) in [6, 6.07) is 0.0417. The third-order valence-electron chi connectivity index (χ3n) is 1.31.